The van der Waals surface area contributed by atoms with Gasteiger partial charge in [-0.15, -0.1) is 0 Å². The van der Waals surface area contributed by atoms with Crippen molar-refractivity contribution in [2.45, 2.75) is 24.9 Å². The van der Waals surface area contributed by atoms with Crippen molar-refractivity contribution in [3.8, 4) is 0 Å². The van der Waals surface area contributed by atoms with E-state index in [2.05, 4.69) is 0 Å². The molecule has 1 aliphatic heterocycles. The molecule has 1 saturated heterocycles. The zero-order valence-electron chi connectivity index (χ0n) is 4.16. The van der Waals surface area contributed by atoms with Crippen molar-refractivity contribution in [3.63, 3.8) is 0 Å². The molecule has 1 rings (SSSR count). The van der Waals surface area contributed by atoms with Crippen LogP contribution in [0.25, 0.3) is 0 Å². The Morgan fingerprint density at radius 1 is 1.00 bits per heavy atom. The third-order valence-electron chi connectivity index (χ3n) is 1.50. The first kappa shape index (κ1) is 5.93. The molecule has 44 valence electrons. The summed E-state index contributed by atoms with van der Waals surface area (Å²) < 4.78 is 0. The third-order valence-corrected chi connectivity index (χ3v) is 6.63. The molecule has 0 nitrogen and oxygen atoms in total. The molecule has 0 saturated carbocycles. The van der Waals surface area contributed by atoms with E-state index in [-0.39, 0.29) is 0 Å². The first-order chi connectivity index (χ1) is 3.21. The number of halogens is 2. The summed E-state index contributed by atoms with van der Waals surface area (Å²) in [5, 5.41) is 0. The molecule has 1 heterocycles. The standard InChI is InChI=1S/C4H9Cl2Si/c5-7(6)3-1-2-4-7/h7H,1-4H2/q-1. The molecular weight excluding hydrogens is 147 g/mol. The SMILES string of the molecule is Cl[SiH-]1(Cl)CCCC1. The van der Waals surface area contributed by atoms with Crippen LogP contribution in [0.5, 0.6) is 0 Å². The van der Waals surface area contributed by atoms with Crippen molar-refractivity contribution in [2.75, 3.05) is 0 Å². The van der Waals surface area contributed by atoms with E-state index in [4.69, 9.17) is 22.2 Å². The van der Waals surface area contributed by atoms with Gasteiger partial charge < -0.3 is 0 Å². The first-order valence-electron chi connectivity index (χ1n) is 2.75. The zero-order chi connectivity index (χ0) is 5.33. The van der Waals surface area contributed by atoms with E-state index in [0.29, 0.717) is 0 Å². The molecule has 0 aliphatic carbocycles. The Morgan fingerprint density at radius 3 is 1.57 bits per heavy atom. The minimum atomic E-state index is -1.84. The van der Waals surface area contributed by atoms with Crippen LogP contribution in [-0.4, -0.2) is 6.69 Å². The normalized spacial score (nSPS) is 32.9. The summed E-state index contributed by atoms with van der Waals surface area (Å²) in [7, 11) is 0. The summed E-state index contributed by atoms with van der Waals surface area (Å²) in [6.45, 7) is -1.84. The van der Waals surface area contributed by atoms with E-state index in [1.54, 1.807) is 0 Å². The Morgan fingerprint density at radius 2 is 1.43 bits per heavy atom. The van der Waals surface area contributed by atoms with Gasteiger partial charge in [0.25, 0.3) is 0 Å². The third kappa shape index (κ3) is 1.63. The van der Waals surface area contributed by atoms with Crippen LogP contribution in [0.4, 0.5) is 0 Å². The molecule has 0 aromatic rings. The Hall–Kier alpha value is 0.797. The first-order valence-corrected chi connectivity index (χ1v) is 7.88. The number of rotatable bonds is 0. The Kier molecular flexibility index (Phi) is 1.66. The molecular formula is C4H9Cl2Si-. The molecule has 0 amide bonds. The van der Waals surface area contributed by atoms with Crippen molar-refractivity contribution >= 4 is 28.9 Å². The molecule has 7 heavy (non-hydrogen) atoms. The van der Waals surface area contributed by atoms with E-state index >= 15 is 0 Å². The summed E-state index contributed by atoms with van der Waals surface area (Å²) >= 11 is 11.8. The van der Waals surface area contributed by atoms with Crippen LogP contribution in [0.15, 0.2) is 0 Å². The van der Waals surface area contributed by atoms with E-state index in [1.165, 1.54) is 12.8 Å². The maximum absolute atomic E-state index is 5.90. The molecule has 0 atom stereocenters. The van der Waals surface area contributed by atoms with Crippen LogP contribution >= 0.6 is 22.2 Å². The predicted molar refractivity (Wildman–Crippen MR) is 37.7 cm³/mol. The van der Waals surface area contributed by atoms with Crippen molar-refractivity contribution in [1.82, 2.24) is 0 Å². The minimum absolute atomic E-state index is 1.15. The summed E-state index contributed by atoms with van der Waals surface area (Å²) in [6.07, 6.45) is 2.55. The summed E-state index contributed by atoms with van der Waals surface area (Å²) in [6, 6.07) is 2.30. The molecule has 0 aromatic heterocycles. The van der Waals surface area contributed by atoms with Crippen LogP contribution in [0.1, 0.15) is 12.8 Å². The second-order valence-electron chi connectivity index (χ2n) is 2.27. The van der Waals surface area contributed by atoms with Gasteiger partial charge in [-0.2, -0.15) is 0 Å². The Balaban J connectivity index is 2.40. The molecule has 3 heteroatoms. The fraction of sp³-hybridized carbons (Fsp3) is 1.00. The van der Waals surface area contributed by atoms with E-state index in [0.717, 1.165) is 12.1 Å². The van der Waals surface area contributed by atoms with Crippen LogP contribution in [0.2, 0.25) is 12.1 Å². The molecule has 0 aromatic carbocycles. The van der Waals surface area contributed by atoms with Gasteiger partial charge in [0.2, 0.25) is 0 Å². The maximum atomic E-state index is 5.90. The second kappa shape index (κ2) is 1.96. The fourth-order valence-electron chi connectivity index (χ4n) is 1.03. The van der Waals surface area contributed by atoms with Gasteiger partial charge in [0, 0.05) is 0 Å². The van der Waals surface area contributed by atoms with Crippen LogP contribution in [0, 0.1) is 0 Å². The van der Waals surface area contributed by atoms with Gasteiger partial charge in [-0.3, -0.25) is 0 Å². The van der Waals surface area contributed by atoms with E-state index in [1.807, 2.05) is 0 Å². The van der Waals surface area contributed by atoms with Gasteiger partial charge in [0.05, 0.1) is 0 Å². The average molecular weight is 156 g/mol. The van der Waals surface area contributed by atoms with Gasteiger partial charge >= 0.3 is 53.8 Å². The van der Waals surface area contributed by atoms with Crippen LogP contribution < -0.4 is 0 Å². The average Bonchev–Trinajstić information content (AvgIpc) is 1.84. The quantitative estimate of drug-likeness (QED) is 0.373. The molecule has 1 fully saturated rings. The Labute approximate surface area is 54.2 Å². The second-order valence-corrected chi connectivity index (χ2v) is 11.1. The van der Waals surface area contributed by atoms with Crippen molar-refractivity contribution in [1.29, 1.82) is 0 Å². The summed E-state index contributed by atoms with van der Waals surface area (Å²) in [4.78, 5) is 0. The molecule has 1 aliphatic rings. The van der Waals surface area contributed by atoms with E-state index < -0.39 is 6.69 Å². The number of hydrogen-bond acceptors (Lipinski definition) is 0. The number of hydrogen-bond donors (Lipinski definition) is 0. The molecule has 0 unspecified atom stereocenters. The Bertz CT molecular complexity index is 64.1. The molecule has 0 radical (unpaired) electrons. The topological polar surface area (TPSA) is 0 Å². The zero-order valence-corrected chi connectivity index (χ0v) is 6.83. The van der Waals surface area contributed by atoms with Gasteiger partial charge in [0.1, 0.15) is 0 Å². The van der Waals surface area contributed by atoms with Crippen molar-refractivity contribution < 1.29 is 0 Å². The van der Waals surface area contributed by atoms with Gasteiger partial charge in [-0.1, -0.05) is 0 Å². The summed E-state index contributed by atoms with van der Waals surface area (Å²) in [5.74, 6) is 0. The predicted octanol–water partition coefficient (Wildman–Crippen LogP) is 2.43. The van der Waals surface area contributed by atoms with Gasteiger partial charge in [-0.25, -0.2) is 0 Å². The summed E-state index contributed by atoms with van der Waals surface area (Å²) in [5.41, 5.74) is 0. The monoisotopic (exact) mass is 155 g/mol. The van der Waals surface area contributed by atoms with E-state index in [9.17, 15) is 0 Å². The van der Waals surface area contributed by atoms with Crippen LogP contribution in [-0.2, 0) is 0 Å². The molecule has 0 bridgehead atoms. The molecule has 0 spiro atoms. The molecule has 0 N–H and O–H groups in total. The fourth-order valence-corrected chi connectivity index (χ4v) is 4.94. The van der Waals surface area contributed by atoms with Crippen molar-refractivity contribution in [3.05, 3.63) is 0 Å². The van der Waals surface area contributed by atoms with Crippen molar-refractivity contribution in [2.24, 2.45) is 0 Å². The van der Waals surface area contributed by atoms with Gasteiger partial charge in [0.15, 0.2) is 0 Å². The van der Waals surface area contributed by atoms with Crippen LogP contribution in [0.3, 0.4) is 0 Å². The van der Waals surface area contributed by atoms with Gasteiger partial charge in [-0.05, 0) is 0 Å².